The van der Waals surface area contributed by atoms with Crippen molar-refractivity contribution in [3.05, 3.63) is 77.6 Å². The molecule has 1 atom stereocenters. The molecule has 2 fully saturated rings. The minimum absolute atomic E-state index is 0.00371. The monoisotopic (exact) mass is 645 g/mol. The normalized spacial score (nSPS) is 17.6. The highest BCUT2D eigenvalue weighted by Crippen LogP contribution is 2.38. The van der Waals surface area contributed by atoms with E-state index < -0.39 is 0 Å². The number of ether oxygens (including phenoxy) is 2. The number of hydrogen-bond donors (Lipinski definition) is 0. The summed E-state index contributed by atoms with van der Waals surface area (Å²) in [5, 5.41) is 9.16. The van der Waals surface area contributed by atoms with Crippen LogP contribution in [0.1, 0.15) is 58.5 Å². The van der Waals surface area contributed by atoms with E-state index in [0.29, 0.717) is 59.5 Å². The highest BCUT2D eigenvalue weighted by atomic mass is 16.5. The van der Waals surface area contributed by atoms with Crippen LogP contribution in [0.25, 0.3) is 16.9 Å². The molecular weight excluding hydrogens is 606 g/mol. The number of imidazole rings is 1. The van der Waals surface area contributed by atoms with Gasteiger partial charge in [0, 0.05) is 56.8 Å². The van der Waals surface area contributed by atoms with E-state index in [1.165, 1.54) is 0 Å². The van der Waals surface area contributed by atoms with E-state index in [4.69, 9.17) is 19.7 Å². The molecule has 0 aliphatic carbocycles. The largest absolute Gasteiger partial charge is 0.493 e. The molecule has 0 spiro atoms. The molecule has 2 saturated heterocycles. The van der Waals surface area contributed by atoms with Gasteiger partial charge in [-0.25, -0.2) is 4.98 Å². The molecule has 3 aliphatic rings. The second kappa shape index (κ2) is 13.9. The smallest absolute Gasteiger partial charge is 0.274 e. The number of fused-ring (bicyclic) bond motifs is 3. The minimum Gasteiger partial charge on any atom is -0.493 e. The molecule has 3 aliphatic heterocycles. The average molecular weight is 646 g/mol. The number of piperazine rings is 1. The number of aromatic nitrogens is 2. The number of benzene rings is 2. The van der Waals surface area contributed by atoms with E-state index in [1.54, 1.807) is 25.3 Å². The zero-order chi connectivity index (χ0) is 33.0. The van der Waals surface area contributed by atoms with Crippen molar-refractivity contribution in [2.75, 3.05) is 53.0 Å². The number of carbonyl (C=O) groups excluding carboxylic acids is 2. The molecule has 2 aromatic heterocycles. The number of pyridine rings is 1. The lowest BCUT2D eigenvalue weighted by Crippen LogP contribution is -2.49. The highest BCUT2D eigenvalue weighted by molar-refractivity contribution is 6.03. The predicted octanol–water partition coefficient (Wildman–Crippen LogP) is 5.21. The number of aliphatic imine (C=N–C) groups is 1. The molecule has 0 unspecified atom stereocenters. The van der Waals surface area contributed by atoms with Crippen LogP contribution in [0.3, 0.4) is 0 Å². The SMILES string of the molecule is COc1cc2c(cc1OCCCCCN1CCN(C(=O)c3nc(-c4ccc(C#N)cc4)n4ccccc34)CC1)N=C[C@@H]1CCCN1C2=O. The fourth-order valence-corrected chi connectivity index (χ4v) is 6.83. The Morgan fingerprint density at radius 2 is 1.83 bits per heavy atom. The average Bonchev–Trinajstić information content (AvgIpc) is 3.74. The molecule has 5 heterocycles. The maximum absolute atomic E-state index is 13.7. The number of nitrogens with zero attached hydrogens (tertiary/aromatic N) is 7. The first kappa shape index (κ1) is 31.4. The fraction of sp³-hybridized carbons (Fsp3) is 0.378. The van der Waals surface area contributed by atoms with Gasteiger partial charge in [-0.05, 0) is 81.1 Å². The van der Waals surface area contributed by atoms with E-state index in [1.807, 2.05) is 63.0 Å². The zero-order valence-corrected chi connectivity index (χ0v) is 27.2. The molecule has 7 rings (SSSR count). The summed E-state index contributed by atoms with van der Waals surface area (Å²) >= 11 is 0. The number of unbranched alkanes of at least 4 members (excludes halogenated alkanes) is 2. The first-order valence-corrected chi connectivity index (χ1v) is 16.7. The van der Waals surface area contributed by atoms with Gasteiger partial charge >= 0.3 is 0 Å². The van der Waals surface area contributed by atoms with E-state index >= 15 is 0 Å². The molecule has 0 radical (unpaired) electrons. The number of rotatable bonds is 10. The van der Waals surface area contributed by atoms with E-state index in [2.05, 4.69) is 16.0 Å². The van der Waals surface area contributed by atoms with Crippen molar-refractivity contribution in [2.24, 2.45) is 4.99 Å². The third-order valence-electron chi connectivity index (χ3n) is 9.52. The Morgan fingerprint density at radius 1 is 1.00 bits per heavy atom. The van der Waals surface area contributed by atoms with Crippen LogP contribution in [-0.4, -0.2) is 101 Å². The Hall–Kier alpha value is -5.21. The first-order valence-electron chi connectivity index (χ1n) is 16.7. The van der Waals surface area contributed by atoms with Crippen LogP contribution < -0.4 is 9.47 Å². The summed E-state index contributed by atoms with van der Waals surface area (Å²) in [7, 11) is 1.59. The van der Waals surface area contributed by atoms with Gasteiger partial charge in [0.05, 0.1) is 48.2 Å². The standard InChI is InChI=1S/C37H39N7O4/c1-47-32-22-29-30(39-25-28-8-7-16-43(28)36(29)45)23-33(32)48-21-6-2-4-14-41-17-19-42(20-18-41)37(46)34-31-9-3-5-15-44(31)35(40-34)27-12-10-26(24-38)11-13-27/h3,5,9-13,15,22-23,25,28H,2,4,6-8,14,16-21H2,1H3/t28-/m0/s1. The quantitative estimate of drug-likeness (QED) is 0.218. The molecule has 11 heteroatoms. The van der Waals surface area contributed by atoms with Gasteiger partial charge in [-0.1, -0.05) is 6.07 Å². The summed E-state index contributed by atoms with van der Waals surface area (Å²) in [5.74, 6) is 1.79. The molecule has 4 aromatic rings. The predicted molar refractivity (Wildman–Crippen MR) is 182 cm³/mol. The Labute approximate surface area is 280 Å². The summed E-state index contributed by atoms with van der Waals surface area (Å²) in [6.07, 6.45) is 8.69. The van der Waals surface area contributed by atoms with Crippen molar-refractivity contribution in [2.45, 2.75) is 38.1 Å². The Kier molecular flexibility index (Phi) is 9.07. The summed E-state index contributed by atoms with van der Waals surface area (Å²) in [6, 6.07) is 18.8. The van der Waals surface area contributed by atoms with Gasteiger partial charge in [-0.15, -0.1) is 0 Å². The highest BCUT2D eigenvalue weighted by Gasteiger charge is 2.32. The van der Waals surface area contributed by atoms with Gasteiger partial charge < -0.3 is 19.3 Å². The molecule has 0 saturated carbocycles. The van der Waals surface area contributed by atoms with Crippen molar-refractivity contribution in [1.29, 1.82) is 5.26 Å². The van der Waals surface area contributed by atoms with Gasteiger partial charge in [-0.2, -0.15) is 5.26 Å². The van der Waals surface area contributed by atoms with Gasteiger partial charge in [-0.3, -0.25) is 23.9 Å². The maximum Gasteiger partial charge on any atom is 0.274 e. The van der Waals surface area contributed by atoms with Gasteiger partial charge in [0.25, 0.3) is 11.8 Å². The lowest BCUT2D eigenvalue weighted by molar-refractivity contribution is 0.0631. The van der Waals surface area contributed by atoms with Crippen molar-refractivity contribution in [3.8, 4) is 29.0 Å². The summed E-state index contributed by atoms with van der Waals surface area (Å²) in [4.78, 5) is 42.4. The van der Waals surface area contributed by atoms with E-state index in [9.17, 15) is 9.59 Å². The van der Waals surface area contributed by atoms with E-state index in [-0.39, 0.29) is 17.9 Å². The van der Waals surface area contributed by atoms with E-state index in [0.717, 1.165) is 69.4 Å². The minimum atomic E-state index is -0.0564. The van der Waals surface area contributed by atoms with Crippen molar-refractivity contribution >= 4 is 29.2 Å². The molecule has 246 valence electrons. The molecule has 48 heavy (non-hydrogen) atoms. The Bertz CT molecular complexity index is 1890. The number of nitriles is 1. The Morgan fingerprint density at radius 3 is 2.62 bits per heavy atom. The second-order valence-electron chi connectivity index (χ2n) is 12.5. The number of carbonyl (C=O) groups is 2. The van der Waals surface area contributed by atoms with Crippen LogP contribution in [0.2, 0.25) is 0 Å². The van der Waals surface area contributed by atoms with Crippen LogP contribution in [0.15, 0.2) is 65.8 Å². The molecule has 2 amide bonds. The summed E-state index contributed by atoms with van der Waals surface area (Å²) in [5.41, 5.74) is 3.86. The van der Waals surface area contributed by atoms with Gasteiger partial charge in [0.2, 0.25) is 0 Å². The van der Waals surface area contributed by atoms with Crippen molar-refractivity contribution < 1.29 is 19.1 Å². The number of hydrogen-bond acceptors (Lipinski definition) is 8. The van der Waals surface area contributed by atoms with Crippen molar-refractivity contribution in [1.82, 2.24) is 24.1 Å². The fourth-order valence-electron chi connectivity index (χ4n) is 6.83. The zero-order valence-electron chi connectivity index (χ0n) is 27.2. The second-order valence-corrected chi connectivity index (χ2v) is 12.5. The summed E-state index contributed by atoms with van der Waals surface area (Å²) < 4.78 is 13.6. The number of methoxy groups -OCH3 is 1. The molecule has 0 N–H and O–H groups in total. The molecule has 0 bridgehead atoms. The van der Waals surface area contributed by atoms with Crippen LogP contribution in [0.5, 0.6) is 11.5 Å². The number of amides is 2. The van der Waals surface area contributed by atoms with Crippen LogP contribution in [0, 0.1) is 11.3 Å². The molecular formula is C37H39N7O4. The molecule has 11 nitrogen and oxygen atoms in total. The maximum atomic E-state index is 13.7. The third kappa shape index (κ3) is 6.23. The van der Waals surface area contributed by atoms with Crippen LogP contribution in [-0.2, 0) is 0 Å². The third-order valence-corrected chi connectivity index (χ3v) is 9.52. The van der Waals surface area contributed by atoms with Gasteiger partial charge in [0.1, 0.15) is 5.82 Å². The lowest BCUT2D eigenvalue weighted by Gasteiger charge is -2.34. The van der Waals surface area contributed by atoms with Crippen LogP contribution >= 0.6 is 0 Å². The summed E-state index contributed by atoms with van der Waals surface area (Å²) in [6.45, 7) is 5.22. The van der Waals surface area contributed by atoms with Gasteiger partial charge in [0.15, 0.2) is 17.2 Å². The molecule has 2 aromatic carbocycles. The Balaban J connectivity index is 0.884. The lowest BCUT2D eigenvalue weighted by atomic mass is 10.1. The topological polar surface area (TPSA) is 116 Å². The first-order chi connectivity index (χ1) is 23.5. The van der Waals surface area contributed by atoms with Crippen LogP contribution in [0.4, 0.5) is 5.69 Å². The van der Waals surface area contributed by atoms with Crippen molar-refractivity contribution in [3.63, 3.8) is 0 Å².